The van der Waals surface area contributed by atoms with E-state index in [9.17, 15) is 4.79 Å². The minimum atomic E-state index is -0.720. The summed E-state index contributed by atoms with van der Waals surface area (Å²) in [4.78, 5) is 13.1. The number of carboxylic acids is 1. The van der Waals surface area contributed by atoms with Crippen LogP contribution in [-0.4, -0.2) is 29.6 Å². The number of hydrogen-bond acceptors (Lipinski definition) is 2. The predicted molar refractivity (Wildman–Crippen MR) is 67.0 cm³/mol. The van der Waals surface area contributed by atoms with Gasteiger partial charge in [0.05, 0.1) is 5.92 Å². The third kappa shape index (κ3) is 2.86. The molecule has 1 aromatic rings. The zero-order valence-corrected chi connectivity index (χ0v) is 10.4. The Labute approximate surface area is 102 Å². The number of likely N-dealkylation sites (N-methyl/N-ethyl adjacent to an activating group) is 1. The highest BCUT2D eigenvalue weighted by molar-refractivity contribution is 5.69. The van der Waals surface area contributed by atoms with Crippen LogP contribution in [0.2, 0.25) is 0 Å². The van der Waals surface area contributed by atoms with Crippen LogP contribution >= 0.6 is 0 Å². The smallest absolute Gasteiger partial charge is 0.306 e. The molecule has 0 radical (unpaired) electrons. The van der Waals surface area contributed by atoms with Crippen LogP contribution in [0.15, 0.2) is 18.2 Å². The summed E-state index contributed by atoms with van der Waals surface area (Å²) in [6.07, 6.45) is 1.69. The lowest BCUT2D eigenvalue weighted by Gasteiger charge is -2.25. The van der Waals surface area contributed by atoms with Gasteiger partial charge in [0.1, 0.15) is 0 Å². The summed E-state index contributed by atoms with van der Waals surface area (Å²) in [5.74, 6) is -1.03. The Morgan fingerprint density at radius 3 is 2.94 bits per heavy atom. The number of aliphatic carboxylic acids is 1. The zero-order chi connectivity index (χ0) is 12.4. The maximum Gasteiger partial charge on any atom is 0.306 e. The first-order chi connectivity index (χ1) is 8.06. The van der Waals surface area contributed by atoms with Gasteiger partial charge in [-0.15, -0.1) is 0 Å². The molecule has 92 valence electrons. The largest absolute Gasteiger partial charge is 0.481 e. The van der Waals surface area contributed by atoms with Gasteiger partial charge in [-0.2, -0.15) is 0 Å². The van der Waals surface area contributed by atoms with Crippen molar-refractivity contribution >= 4 is 5.97 Å². The Bertz CT molecular complexity index is 428. The Morgan fingerprint density at radius 2 is 2.24 bits per heavy atom. The van der Waals surface area contributed by atoms with E-state index in [4.69, 9.17) is 5.11 Å². The molecule has 1 heterocycles. The average molecular weight is 233 g/mol. The van der Waals surface area contributed by atoms with Crippen molar-refractivity contribution in [1.82, 2.24) is 4.90 Å². The van der Waals surface area contributed by atoms with Gasteiger partial charge in [-0.05, 0) is 36.6 Å². The molecular weight excluding hydrogens is 214 g/mol. The lowest BCUT2D eigenvalue weighted by Crippen LogP contribution is -2.26. The minimum absolute atomic E-state index is 0.306. The topological polar surface area (TPSA) is 40.5 Å². The number of hydrogen-bond donors (Lipinski definition) is 1. The van der Waals surface area contributed by atoms with Crippen LogP contribution in [0.25, 0.3) is 0 Å². The Balaban J connectivity index is 2.14. The van der Waals surface area contributed by atoms with Gasteiger partial charge < -0.3 is 10.0 Å². The average Bonchev–Trinajstić information content (AvgIpc) is 2.29. The summed E-state index contributed by atoms with van der Waals surface area (Å²) in [5, 5.41) is 8.91. The summed E-state index contributed by atoms with van der Waals surface area (Å²) in [7, 11) is 2.13. The molecule has 0 bridgehead atoms. The van der Waals surface area contributed by atoms with Gasteiger partial charge in [0.2, 0.25) is 0 Å². The van der Waals surface area contributed by atoms with Crippen molar-refractivity contribution in [3.8, 4) is 0 Å². The summed E-state index contributed by atoms with van der Waals surface area (Å²) >= 11 is 0. The minimum Gasteiger partial charge on any atom is -0.481 e. The maximum absolute atomic E-state index is 10.8. The molecule has 0 spiro atoms. The molecule has 0 aliphatic carbocycles. The highest BCUT2D eigenvalue weighted by Gasteiger charge is 2.15. The van der Waals surface area contributed by atoms with Crippen molar-refractivity contribution in [2.24, 2.45) is 5.92 Å². The van der Waals surface area contributed by atoms with E-state index in [-0.39, 0.29) is 5.92 Å². The zero-order valence-electron chi connectivity index (χ0n) is 10.4. The van der Waals surface area contributed by atoms with Crippen LogP contribution in [0, 0.1) is 5.92 Å². The van der Waals surface area contributed by atoms with Crippen LogP contribution in [0.4, 0.5) is 0 Å². The molecular formula is C14H19NO2. The monoisotopic (exact) mass is 233 g/mol. The Hall–Kier alpha value is -1.35. The molecule has 1 aliphatic rings. The Kier molecular flexibility index (Phi) is 3.48. The van der Waals surface area contributed by atoms with Crippen LogP contribution in [0.3, 0.4) is 0 Å². The number of fused-ring (bicyclic) bond motifs is 1. The van der Waals surface area contributed by atoms with E-state index in [2.05, 4.69) is 30.1 Å². The van der Waals surface area contributed by atoms with E-state index >= 15 is 0 Å². The van der Waals surface area contributed by atoms with Crippen LogP contribution in [-0.2, 0) is 24.2 Å². The molecule has 17 heavy (non-hydrogen) atoms. The lowest BCUT2D eigenvalue weighted by molar-refractivity contribution is -0.141. The Morgan fingerprint density at radius 1 is 1.47 bits per heavy atom. The second-order valence-corrected chi connectivity index (χ2v) is 5.03. The predicted octanol–water partition coefficient (Wildman–Crippen LogP) is 1.94. The maximum atomic E-state index is 10.8. The first-order valence-corrected chi connectivity index (χ1v) is 6.08. The van der Waals surface area contributed by atoms with E-state index in [0.717, 1.165) is 25.1 Å². The van der Waals surface area contributed by atoms with Gasteiger partial charge in [0.15, 0.2) is 0 Å². The molecule has 1 N–H and O–H groups in total. The molecule has 1 aliphatic heterocycles. The summed E-state index contributed by atoms with van der Waals surface area (Å²) < 4.78 is 0. The summed E-state index contributed by atoms with van der Waals surface area (Å²) in [6.45, 7) is 3.85. The first-order valence-electron chi connectivity index (χ1n) is 6.08. The van der Waals surface area contributed by atoms with Gasteiger partial charge in [0, 0.05) is 13.1 Å². The van der Waals surface area contributed by atoms with E-state index < -0.39 is 5.97 Å². The fourth-order valence-electron chi connectivity index (χ4n) is 2.32. The molecule has 0 fully saturated rings. The standard InChI is InChI=1S/C14H19NO2/c1-10(14(16)17)7-11-3-4-13-9-15(2)6-5-12(13)8-11/h3-4,8,10H,5-7,9H2,1-2H3,(H,16,17). The molecule has 1 atom stereocenters. The van der Waals surface area contributed by atoms with Crippen molar-refractivity contribution in [3.63, 3.8) is 0 Å². The summed E-state index contributed by atoms with van der Waals surface area (Å²) in [5.41, 5.74) is 3.91. The number of carboxylic acid groups (broad SMARTS) is 1. The number of benzene rings is 1. The van der Waals surface area contributed by atoms with E-state index in [1.54, 1.807) is 6.92 Å². The fourth-order valence-corrected chi connectivity index (χ4v) is 2.32. The molecule has 1 aromatic carbocycles. The number of rotatable bonds is 3. The quantitative estimate of drug-likeness (QED) is 0.867. The molecule has 0 aromatic heterocycles. The molecule has 3 nitrogen and oxygen atoms in total. The van der Waals surface area contributed by atoms with Crippen LogP contribution in [0.5, 0.6) is 0 Å². The van der Waals surface area contributed by atoms with Crippen molar-refractivity contribution in [3.05, 3.63) is 34.9 Å². The third-order valence-electron chi connectivity index (χ3n) is 3.44. The van der Waals surface area contributed by atoms with Crippen LogP contribution in [0.1, 0.15) is 23.6 Å². The molecule has 0 amide bonds. The SMILES string of the molecule is CC(Cc1ccc2c(c1)CCN(C)C2)C(=O)O. The van der Waals surface area contributed by atoms with Gasteiger partial charge in [0.25, 0.3) is 0 Å². The number of carbonyl (C=O) groups is 1. The van der Waals surface area contributed by atoms with Crippen molar-refractivity contribution < 1.29 is 9.90 Å². The van der Waals surface area contributed by atoms with Crippen LogP contribution < -0.4 is 0 Å². The van der Waals surface area contributed by atoms with E-state index in [0.29, 0.717) is 6.42 Å². The highest BCUT2D eigenvalue weighted by atomic mass is 16.4. The molecule has 1 unspecified atom stereocenters. The fraction of sp³-hybridized carbons (Fsp3) is 0.500. The first kappa shape index (κ1) is 12.1. The second-order valence-electron chi connectivity index (χ2n) is 5.03. The normalized spacial score (nSPS) is 17.5. The second kappa shape index (κ2) is 4.88. The van der Waals surface area contributed by atoms with Crippen molar-refractivity contribution in [1.29, 1.82) is 0 Å². The molecule has 0 saturated heterocycles. The summed E-state index contributed by atoms with van der Waals surface area (Å²) in [6, 6.07) is 6.40. The molecule has 3 heteroatoms. The lowest BCUT2D eigenvalue weighted by atomic mass is 9.94. The molecule has 0 saturated carbocycles. The van der Waals surface area contributed by atoms with Crippen molar-refractivity contribution in [2.45, 2.75) is 26.3 Å². The molecule has 2 rings (SSSR count). The van der Waals surface area contributed by atoms with Gasteiger partial charge in [-0.1, -0.05) is 25.1 Å². The third-order valence-corrected chi connectivity index (χ3v) is 3.44. The van der Waals surface area contributed by atoms with Gasteiger partial charge in [-0.3, -0.25) is 4.79 Å². The van der Waals surface area contributed by atoms with Crippen molar-refractivity contribution in [2.75, 3.05) is 13.6 Å². The van der Waals surface area contributed by atoms with Gasteiger partial charge >= 0.3 is 5.97 Å². The van der Waals surface area contributed by atoms with Gasteiger partial charge in [-0.25, -0.2) is 0 Å². The van der Waals surface area contributed by atoms with E-state index in [1.807, 2.05) is 0 Å². The highest BCUT2D eigenvalue weighted by Crippen LogP contribution is 2.20. The van der Waals surface area contributed by atoms with E-state index in [1.165, 1.54) is 11.1 Å². The number of nitrogens with zero attached hydrogens (tertiary/aromatic N) is 1.